The molecule has 4 nitrogen and oxygen atoms in total. The molecule has 2 aliphatic rings. The van der Waals surface area contributed by atoms with Crippen molar-refractivity contribution in [2.24, 2.45) is 5.92 Å². The molecule has 0 radical (unpaired) electrons. The van der Waals surface area contributed by atoms with E-state index in [2.05, 4.69) is 10.2 Å². The molecule has 0 bridgehead atoms. The Morgan fingerprint density at radius 3 is 2.24 bits per heavy atom. The molecule has 0 aromatic heterocycles. The molecular formula is C15H24Cl2N2O2. The third kappa shape index (κ3) is 3.95. The lowest BCUT2D eigenvalue weighted by Crippen LogP contribution is -2.47. The quantitative estimate of drug-likeness (QED) is 0.744. The van der Waals surface area contributed by atoms with E-state index in [1.165, 1.54) is 19.3 Å². The molecule has 0 amide bonds. The second-order valence-corrected chi connectivity index (χ2v) is 5.67. The van der Waals surface area contributed by atoms with Crippen LogP contribution >= 0.6 is 24.8 Å². The van der Waals surface area contributed by atoms with Crippen LogP contribution in [0, 0.1) is 5.92 Å². The molecule has 1 heterocycles. The molecule has 2 fully saturated rings. The standard InChI is InChI=1S/C15H22N2O2.2ClH/c18-13-5-4-12(10-14(13)19)15(11-2-1-3-11)17-8-6-16-7-9-17;;/h4-5,10-11,15-16,18-19H,1-3,6-9H2;2*1H/t15-;;/m1../s1. The number of benzene rings is 1. The number of hydrogen-bond acceptors (Lipinski definition) is 4. The highest BCUT2D eigenvalue weighted by Crippen LogP contribution is 2.43. The largest absolute Gasteiger partial charge is 0.504 e. The zero-order valence-corrected chi connectivity index (χ0v) is 13.6. The van der Waals surface area contributed by atoms with Gasteiger partial charge >= 0.3 is 0 Å². The van der Waals surface area contributed by atoms with Gasteiger partial charge in [0.25, 0.3) is 0 Å². The predicted molar refractivity (Wildman–Crippen MR) is 88.8 cm³/mol. The Hall–Kier alpha value is -0.680. The zero-order valence-electron chi connectivity index (χ0n) is 12.0. The van der Waals surface area contributed by atoms with Crippen LogP contribution in [-0.4, -0.2) is 41.3 Å². The minimum Gasteiger partial charge on any atom is -0.504 e. The van der Waals surface area contributed by atoms with Crippen LogP contribution in [0.2, 0.25) is 0 Å². The molecule has 1 atom stereocenters. The van der Waals surface area contributed by atoms with Crippen LogP contribution in [0.25, 0.3) is 0 Å². The monoisotopic (exact) mass is 334 g/mol. The molecule has 1 saturated heterocycles. The van der Waals surface area contributed by atoms with Crippen molar-refractivity contribution in [1.29, 1.82) is 0 Å². The predicted octanol–water partition coefficient (Wildman–Crippen LogP) is 2.69. The van der Waals surface area contributed by atoms with Gasteiger partial charge in [-0.15, -0.1) is 24.8 Å². The fraction of sp³-hybridized carbons (Fsp3) is 0.600. The van der Waals surface area contributed by atoms with Crippen LogP contribution < -0.4 is 5.32 Å². The normalized spacial score (nSPS) is 20.8. The first-order valence-electron chi connectivity index (χ1n) is 7.22. The van der Waals surface area contributed by atoms with E-state index in [1.807, 2.05) is 6.07 Å². The molecule has 1 saturated carbocycles. The van der Waals surface area contributed by atoms with Gasteiger partial charge in [-0.2, -0.15) is 0 Å². The van der Waals surface area contributed by atoms with Crippen molar-refractivity contribution in [3.63, 3.8) is 0 Å². The number of halogens is 2. The average molecular weight is 335 g/mol. The highest BCUT2D eigenvalue weighted by atomic mass is 35.5. The van der Waals surface area contributed by atoms with Gasteiger partial charge in [-0.05, 0) is 36.5 Å². The minimum absolute atomic E-state index is 0. The maximum atomic E-state index is 9.74. The van der Waals surface area contributed by atoms with E-state index < -0.39 is 0 Å². The molecule has 1 aromatic rings. The highest BCUT2D eigenvalue weighted by molar-refractivity contribution is 5.85. The second kappa shape index (κ2) is 8.08. The third-order valence-electron chi connectivity index (χ3n) is 4.48. The summed E-state index contributed by atoms with van der Waals surface area (Å²) >= 11 is 0. The van der Waals surface area contributed by atoms with Gasteiger partial charge in [0.1, 0.15) is 0 Å². The Morgan fingerprint density at radius 1 is 1.05 bits per heavy atom. The lowest BCUT2D eigenvalue weighted by atomic mass is 9.76. The lowest BCUT2D eigenvalue weighted by Gasteiger charge is -2.43. The summed E-state index contributed by atoms with van der Waals surface area (Å²) in [4.78, 5) is 2.52. The summed E-state index contributed by atoms with van der Waals surface area (Å²) in [6.07, 6.45) is 3.86. The molecule has 21 heavy (non-hydrogen) atoms. The Balaban J connectivity index is 0.00000110. The van der Waals surface area contributed by atoms with Crippen molar-refractivity contribution in [2.45, 2.75) is 25.3 Å². The first-order chi connectivity index (χ1) is 9.25. The van der Waals surface area contributed by atoms with Gasteiger partial charge in [0.05, 0.1) is 0 Å². The first-order valence-corrected chi connectivity index (χ1v) is 7.22. The van der Waals surface area contributed by atoms with Crippen molar-refractivity contribution in [2.75, 3.05) is 26.2 Å². The van der Waals surface area contributed by atoms with Crippen LogP contribution in [-0.2, 0) is 0 Å². The molecule has 0 unspecified atom stereocenters. The number of hydrogen-bond donors (Lipinski definition) is 3. The Bertz CT molecular complexity index is 449. The third-order valence-corrected chi connectivity index (χ3v) is 4.48. The first kappa shape index (κ1) is 18.4. The van der Waals surface area contributed by atoms with E-state index in [-0.39, 0.29) is 36.3 Å². The number of nitrogens with zero attached hydrogens (tertiary/aromatic N) is 1. The molecule has 3 rings (SSSR count). The number of nitrogens with one attached hydrogen (secondary N) is 1. The van der Waals surface area contributed by atoms with E-state index >= 15 is 0 Å². The number of piperazine rings is 1. The van der Waals surface area contributed by atoms with E-state index in [0.717, 1.165) is 31.7 Å². The number of rotatable bonds is 3. The molecule has 3 N–H and O–H groups in total. The van der Waals surface area contributed by atoms with Gasteiger partial charge in [-0.1, -0.05) is 12.5 Å². The van der Waals surface area contributed by atoms with Crippen LogP contribution in [0.3, 0.4) is 0 Å². The lowest BCUT2D eigenvalue weighted by molar-refractivity contribution is 0.0835. The van der Waals surface area contributed by atoms with Crippen molar-refractivity contribution in [1.82, 2.24) is 10.2 Å². The van der Waals surface area contributed by atoms with Crippen LogP contribution in [0.5, 0.6) is 11.5 Å². The smallest absolute Gasteiger partial charge is 0.157 e. The topological polar surface area (TPSA) is 55.7 Å². The van der Waals surface area contributed by atoms with E-state index in [1.54, 1.807) is 12.1 Å². The maximum Gasteiger partial charge on any atom is 0.157 e. The molecule has 1 aliphatic heterocycles. The van der Waals surface area contributed by atoms with Crippen molar-refractivity contribution >= 4 is 24.8 Å². The summed E-state index contributed by atoms with van der Waals surface area (Å²) in [6.45, 7) is 4.19. The van der Waals surface area contributed by atoms with Gasteiger partial charge in [0.15, 0.2) is 11.5 Å². The Kier molecular flexibility index (Phi) is 7.07. The second-order valence-electron chi connectivity index (χ2n) is 5.67. The Morgan fingerprint density at radius 2 is 1.71 bits per heavy atom. The van der Waals surface area contributed by atoms with Gasteiger partial charge in [0, 0.05) is 32.2 Å². The maximum absolute atomic E-state index is 9.74. The number of phenolic OH excluding ortho intramolecular Hbond substituents is 2. The van der Waals surface area contributed by atoms with Crippen molar-refractivity contribution in [3.05, 3.63) is 23.8 Å². The number of phenols is 2. The summed E-state index contributed by atoms with van der Waals surface area (Å²) in [5.74, 6) is 0.662. The van der Waals surface area contributed by atoms with Crippen LogP contribution in [0.1, 0.15) is 30.9 Å². The van der Waals surface area contributed by atoms with Crippen molar-refractivity contribution < 1.29 is 10.2 Å². The van der Waals surface area contributed by atoms with Crippen LogP contribution in [0.15, 0.2) is 18.2 Å². The molecule has 120 valence electrons. The summed E-state index contributed by atoms with van der Waals surface area (Å²) in [6, 6.07) is 5.70. The number of aromatic hydroxyl groups is 2. The van der Waals surface area contributed by atoms with Gasteiger partial charge in [0.2, 0.25) is 0 Å². The molecular weight excluding hydrogens is 311 g/mol. The SMILES string of the molecule is Cl.Cl.Oc1ccc([C@@H](C2CCC2)N2CCNCC2)cc1O. The molecule has 0 spiro atoms. The summed E-state index contributed by atoms with van der Waals surface area (Å²) in [7, 11) is 0. The van der Waals surface area contributed by atoms with E-state index in [4.69, 9.17) is 0 Å². The van der Waals surface area contributed by atoms with Gasteiger partial charge < -0.3 is 15.5 Å². The molecule has 1 aromatic carbocycles. The van der Waals surface area contributed by atoms with Gasteiger partial charge in [-0.25, -0.2) is 0 Å². The molecule has 1 aliphatic carbocycles. The Labute approximate surface area is 138 Å². The summed E-state index contributed by atoms with van der Waals surface area (Å²) in [5, 5.41) is 22.6. The van der Waals surface area contributed by atoms with E-state index in [9.17, 15) is 10.2 Å². The molecule has 6 heteroatoms. The van der Waals surface area contributed by atoms with Crippen molar-refractivity contribution in [3.8, 4) is 11.5 Å². The average Bonchev–Trinajstić information content (AvgIpc) is 2.38. The minimum atomic E-state index is -0.0311. The summed E-state index contributed by atoms with van der Waals surface area (Å²) < 4.78 is 0. The van der Waals surface area contributed by atoms with Crippen LogP contribution in [0.4, 0.5) is 0 Å². The zero-order chi connectivity index (χ0) is 13.2. The fourth-order valence-corrected chi connectivity index (χ4v) is 3.22. The summed E-state index contributed by atoms with van der Waals surface area (Å²) in [5.41, 5.74) is 1.14. The van der Waals surface area contributed by atoms with E-state index in [0.29, 0.717) is 12.0 Å². The van der Waals surface area contributed by atoms with Gasteiger partial charge in [-0.3, -0.25) is 4.90 Å². The fourth-order valence-electron chi connectivity index (χ4n) is 3.22. The highest BCUT2D eigenvalue weighted by Gasteiger charge is 2.33.